The van der Waals surface area contributed by atoms with E-state index in [-0.39, 0.29) is 0 Å². The molecule has 0 radical (unpaired) electrons. The van der Waals surface area contributed by atoms with Crippen molar-refractivity contribution in [2.75, 3.05) is 5.32 Å². The molecule has 3 N–H and O–H groups in total. The molecule has 0 unspecified atom stereocenters. The smallest absolute Gasteiger partial charge is 0.156 e. The highest BCUT2D eigenvalue weighted by Gasteiger charge is 2.12. The third-order valence-corrected chi connectivity index (χ3v) is 5.17. The summed E-state index contributed by atoms with van der Waals surface area (Å²) in [5, 5.41) is 12.6. The van der Waals surface area contributed by atoms with Gasteiger partial charge in [-0.2, -0.15) is 5.10 Å². The second-order valence-electron chi connectivity index (χ2n) is 6.79. The van der Waals surface area contributed by atoms with Gasteiger partial charge >= 0.3 is 0 Å². The largest absolute Gasteiger partial charge is 0.362 e. The Kier molecular flexibility index (Phi) is 4.50. The predicted molar refractivity (Wildman–Crippen MR) is 118 cm³/mol. The van der Waals surface area contributed by atoms with E-state index < -0.39 is 0 Å². The third kappa shape index (κ3) is 3.48. The van der Waals surface area contributed by atoms with Crippen LogP contribution < -0.4 is 5.32 Å². The zero-order valence-corrected chi connectivity index (χ0v) is 16.2. The molecule has 3 aromatic carbocycles. The summed E-state index contributed by atoms with van der Waals surface area (Å²) in [5.41, 5.74) is 5.00. The first-order valence-electron chi connectivity index (χ1n) is 9.34. The van der Waals surface area contributed by atoms with Crippen LogP contribution in [-0.4, -0.2) is 20.2 Å². The molecule has 0 bridgehead atoms. The number of hydrogen-bond acceptors (Lipinski definition) is 3. The average molecular weight is 400 g/mol. The Labute approximate surface area is 172 Å². The quantitative estimate of drug-likeness (QED) is 0.345. The minimum Gasteiger partial charge on any atom is -0.362 e. The first-order valence-corrected chi connectivity index (χ1v) is 9.72. The molecule has 6 heteroatoms. The molecule has 0 aliphatic carbocycles. The number of benzene rings is 3. The van der Waals surface area contributed by atoms with Crippen molar-refractivity contribution >= 4 is 28.3 Å². The van der Waals surface area contributed by atoms with Crippen molar-refractivity contribution < 1.29 is 0 Å². The van der Waals surface area contributed by atoms with Gasteiger partial charge in [-0.05, 0) is 17.7 Å². The van der Waals surface area contributed by atoms with Crippen LogP contribution in [0.4, 0.5) is 5.82 Å². The van der Waals surface area contributed by atoms with Crippen LogP contribution in [0.25, 0.3) is 33.4 Å². The summed E-state index contributed by atoms with van der Waals surface area (Å²) in [6.07, 6.45) is 1.84. The van der Waals surface area contributed by atoms with Crippen molar-refractivity contribution in [2.24, 2.45) is 0 Å². The van der Waals surface area contributed by atoms with E-state index in [0.29, 0.717) is 11.6 Å². The molecule has 5 aromatic rings. The van der Waals surface area contributed by atoms with Crippen molar-refractivity contribution in [2.45, 2.75) is 6.54 Å². The van der Waals surface area contributed by atoms with Crippen LogP contribution in [0, 0.1) is 0 Å². The van der Waals surface area contributed by atoms with E-state index in [0.717, 1.165) is 44.9 Å². The Morgan fingerprint density at radius 3 is 2.38 bits per heavy atom. The van der Waals surface area contributed by atoms with Crippen molar-refractivity contribution in [3.05, 3.63) is 89.7 Å². The maximum Gasteiger partial charge on any atom is 0.156 e. The highest BCUT2D eigenvalue weighted by atomic mass is 35.5. The van der Waals surface area contributed by atoms with E-state index in [4.69, 9.17) is 11.6 Å². The average Bonchev–Trinajstić information content (AvgIpc) is 3.40. The number of halogens is 1. The van der Waals surface area contributed by atoms with E-state index in [2.05, 4.69) is 43.7 Å². The van der Waals surface area contributed by atoms with Gasteiger partial charge in [-0.25, -0.2) is 4.98 Å². The number of aromatic amines is 2. The molecule has 0 fully saturated rings. The van der Waals surface area contributed by atoms with Crippen LogP contribution in [-0.2, 0) is 6.54 Å². The molecule has 2 heterocycles. The summed E-state index contributed by atoms with van der Waals surface area (Å²) < 4.78 is 0. The normalized spacial score (nSPS) is 11.1. The van der Waals surface area contributed by atoms with Crippen LogP contribution in [0.5, 0.6) is 0 Å². The lowest BCUT2D eigenvalue weighted by Crippen LogP contribution is -2.00. The van der Waals surface area contributed by atoms with Crippen LogP contribution in [0.15, 0.2) is 79.0 Å². The monoisotopic (exact) mass is 399 g/mol. The number of aromatic nitrogens is 4. The van der Waals surface area contributed by atoms with E-state index in [1.807, 2.05) is 60.8 Å². The molecule has 5 rings (SSSR count). The summed E-state index contributed by atoms with van der Waals surface area (Å²) >= 11 is 6.50. The Morgan fingerprint density at radius 1 is 0.897 bits per heavy atom. The third-order valence-electron chi connectivity index (χ3n) is 4.86. The van der Waals surface area contributed by atoms with E-state index in [9.17, 15) is 0 Å². The summed E-state index contributed by atoms with van der Waals surface area (Å²) in [7, 11) is 0. The van der Waals surface area contributed by atoms with Gasteiger partial charge < -0.3 is 10.3 Å². The summed E-state index contributed by atoms with van der Waals surface area (Å²) in [5.74, 6) is 1.64. The molecule has 0 aliphatic rings. The Morgan fingerprint density at radius 2 is 1.62 bits per heavy atom. The molecule has 0 atom stereocenters. The molecule has 142 valence electrons. The number of fused-ring (bicyclic) bond motifs is 1. The van der Waals surface area contributed by atoms with E-state index >= 15 is 0 Å². The maximum absolute atomic E-state index is 6.50. The number of imidazole rings is 1. The molecular formula is C23H18ClN5. The second-order valence-corrected chi connectivity index (χ2v) is 7.20. The van der Waals surface area contributed by atoms with Gasteiger partial charge in [0, 0.05) is 16.5 Å². The standard InChI is InChI=1S/C23H18ClN5/c24-20-12-21-19(11-18(20)15-7-3-1-4-8-15)23(29-28-21)26-14-17-13-25-22(27-17)16-9-5-2-6-10-16/h1-13H,14H2,(H,25,27)(H2,26,28,29). The fourth-order valence-electron chi connectivity index (χ4n) is 3.38. The first kappa shape index (κ1) is 17.5. The fraction of sp³-hybridized carbons (Fsp3) is 0.0435. The van der Waals surface area contributed by atoms with Gasteiger partial charge in [-0.1, -0.05) is 72.3 Å². The Balaban J connectivity index is 1.41. The van der Waals surface area contributed by atoms with Crippen LogP contribution in [0.1, 0.15) is 5.69 Å². The summed E-state index contributed by atoms with van der Waals surface area (Å²) in [6.45, 7) is 0.586. The Bertz CT molecular complexity index is 1260. The number of H-pyrrole nitrogens is 2. The van der Waals surface area contributed by atoms with Crippen LogP contribution >= 0.6 is 11.6 Å². The van der Waals surface area contributed by atoms with E-state index in [1.54, 1.807) is 0 Å². The molecule has 0 saturated heterocycles. The minimum absolute atomic E-state index is 0.586. The minimum atomic E-state index is 0.586. The summed E-state index contributed by atoms with van der Waals surface area (Å²) in [4.78, 5) is 7.83. The molecule has 0 aliphatic heterocycles. The molecular weight excluding hydrogens is 382 g/mol. The molecule has 29 heavy (non-hydrogen) atoms. The van der Waals surface area contributed by atoms with Crippen molar-refractivity contribution in [1.29, 1.82) is 0 Å². The maximum atomic E-state index is 6.50. The first-order chi connectivity index (χ1) is 14.3. The van der Waals surface area contributed by atoms with E-state index in [1.165, 1.54) is 0 Å². The molecule has 0 spiro atoms. The number of anilines is 1. The van der Waals surface area contributed by atoms with Gasteiger partial charge in [0.15, 0.2) is 5.82 Å². The van der Waals surface area contributed by atoms with Gasteiger partial charge in [0.05, 0.1) is 29.0 Å². The van der Waals surface area contributed by atoms with Gasteiger partial charge in [0.1, 0.15) is 5.82 Å². The summed E-state index contributed by atoms with van der Waals surface area (Å²) in [6, 6.07) is 24.2. The molecule has 2 aromatic heterocycles. The lowest BCUT2D eigenvalue weighted by atomic mass is 10.0. The zero-order chi connectivity index (χ0) is 19.6. The van der Waals surface area contributed by atoms with Crippen LogP contribution in [0.2, 0.25) is 5.02 Å². The Hall–Kier alpha value is -3.57. The molecule has 5 nitrogen and oxygen atoms in total. The lowest BCUT2D eigenvalue weighted by molar-refractivity contribution is 1.03. The fourth-order valence-corrected chi connectivity index (χ4v) is 3.66. The topological polar surface area (TPSA) is 69.4 Å². The number of nitrogens with one attached hydrogen (secondary N) is 3. The van der Waals surface area contributed by atoms with Gasteiger partial charge in [-0.15, -0.1) is 0 Å². The number of rotatable bonds is 5. The molecule has 0 amide bonds. The van der Waals surface area contributed by atoms with Gasteiger partial charge in [-0.3, -0.25) is 5.10 Å². The lowest BCUT2D eigenvalue weighted by Gasteiger charge is -2.06. The molecule has 0 saturated carbocycles. The van der Waals surface area contributed by atoms with Crippen LogP contribution in [0.3, 0.4) is 0 Å². The highest BCUT2D eigenvalue weighted by molar-refractivity contribution is 6.34. The number of hydrogen-bond donors (Lipinski definition) is 3. The van der Waals surface area contributed by atoms with Gasteiger partial charge in [0.2, 0.25) is 0 Å². The highest BCUT2D eigenvalue weighted by Crippen LogP contribution is 2.34. The second kappa shape index (κ2) is 7.45. The van der Waals surface area contributed by atoms with Crippen molar-refractivity contribution in [3.63, 3.8) is 0 Å². The zero-order valence-electron chi connectivity index (χ0n) is 15.5. The SMILES string of the molecule is Clc1cc2[nH]nc(NCc3cnc(-c4ccccc4)[nH]3)c2cc1-c1ccccc1. The predicted octanol–water partition coefficient (Wildman–Crippen LogP) is 5.89. The van der Waals surface area contributed by atoms with Gasteiger partial charge in [0.25, 0.3) is 0 Å². The van der Waals surface area contributed by atoms with Crippen molar-refractivity contribution in [3.8, 4) is 22.5 Å². The van der Waals surface area contributed by atoms with Crippen molar-refractivity contribution in [1.82, 2.24) is 20.2 Å². The number of nitrogens with zero attached hydrogens (tertiary/aromatic N) is 2.